The van der Waals surface area contributed by atoms with Gasteiger partial charge in [-0.1, -0.05) is 88.4 Å². The predicted octanol–water partition coefficient (Wildman–Crippen LogP) is 9.32. The molecule has 9 nitrogen and oxygen atoms in total. The molecular formula is C28H43ClN5O4Pt-2. The number of fused-ring (bicyclic) bond motifs is 3. The van der Waals surface area contributed by atoms with Crippen molar-refractivity contribution < 1.29 is 38.6 Å². The minimum absolute atomic E-state index is 0. The number of carbonyl (C=O) groups is 2. The number of benzene rings is 2. The summed E-state index contributed by atoms with van der Waals surface area (Å²) in [6, 6.07) is 17.0. The summed E-state index contributed by atoms with van der Waals surface area (Å²) in [6.45, 7) is 0. The molecule has 2 saturated carbocycles. The molecule has 0 spiro atoms. The fraction of sp³-hybridized carbons (Fsp3) is 0.464. The van der Waals surface area contributed by atoms with Crippen molar-refractivity contribution in [1.29, 1.82) is 0 Å². The Bertz CT molecular complexity index is 995. The number of nitrogens with one attached hydrogen (secondary N) is 2. The summed E-state index contributed by atoms with van der Waals surface area (Å²) < 4.78 is 0. The molecule has 5 rings (SSSR count). The Hall–Kier alpha value is -2.45. The van der Waals surface area contributed by atoms with Crippen LogP contribution in [0.25, 0.3) is 34.0 Å². The Morgan fingerprint density at radius 1 is 0.718 bits per heavy atom. The van der Waals surface area contributed by atoms with Gasteiger partial charge in [-0.3, -0.25) is 4.98 Å². The molecule has 0 saturated heterocycles. The van der Waals surface area contributed by atoms with Crippen LogP contribution < -0.4 is 10.6 Å². The van der Waals surface area contributed by atoms with Gasteiger partial charge in [-0.2, -0.15) is 0 Å². The summed E-state index contributed by atoms with van der Waals surface area (Å²) in [5.74, 6) is 0. The van der Waals surface area contributed by atoms with E-state index in [1.165, 1.54) is 54.7 Å². The Labute approximate surface area is 247 Å². The zero-order valence-electron chi connectivity index (χ0n) is 21.4. The molecule has 0 bridgehead atoms. The zero-order valence-corrected chi connectivity index (χ0v) is 24.5. The number of aromatic nitrogens is 1. The summed E-state index contributed by atoms with van der Waals surface area (Å²) in [5, 5.41) is 25.4. The van der Waals surface area contributed by atoms with E-state index in [9.17, 15) is 9.59 Å². The molecule has 223 valence electrons. The van der Waals surface area contributed by atoms with E-state index >= 15 is 0 Å². The number of para-hydroxylation sites is 1. The number of amides is 2. The maximum absolute atomic E-state index is 10.2. The van der Waals surface area contributed by atoms with Crippen molar-refractivity contribution in [3.63, 3.8) is 0 Å². The van der Waals surface area contributed by atoms with Crippen molar-refractivity contribution in [3.8, 4) is 0 Å². The van der Waals surface area contributed by atoms with Crippen molar-refractivity contribution in [2.75, 3.05) is 0 Å². The van der Waals surface area contributed by atoms with Gasteiger partial charge in [0.1, 0.15) is 0 Å². The Morgan fingerprint density at radius 2 is 1.13 bits per heavy atom. The molecule has 0 atom stereocenters. The van der Waals surface area contributed by atoms with Gasteiger partial charge in [0, 0.05) is 29.1 Å². The number of hydrogen-bond donors (Lipinski definition) is 4. The quantitative estimate of drug-likeness (QED) is 0.191. The van der Waals surface area contributed by atoms with Crippen molar-refractivity contribution in [1.82, 2.24) is 15.6 Å². The van der Waals surface area contributed by atoms with Crippen molar-refractivity contribution in [3.05, 3.63) is 67.0 Å². The molecule has 11 heteroatoms. The fourth-order valence-corrected chi connectivity index (χ4v) is 4.65. The topological polar surface area (TPSA) is 179 Å². The predicted molar refractivity (Wildman–Crippen MR) is 158 cm³/mol. The van der Waals surface area contributed by atoms with Crippen molar-refractivity contribution in [2.24, 2.45) is 0 Å². The minimum Gasteiger partial charge on any atom is -0.693 e. The molecule has 0 radical (unpaired) electrons. The molecule has 1 heterocycles. The SMILES string of the molecule is C.O=C(O)NC1CCCCC1.O=C(O)NC1CCCCC1.[Cl][Pt].[NH2-].[NH2-].c1ccc2c(c1)cnc1ccccc12. The molecule has 3 aromatic rings. The van der Waals surface area contributed by atoms with Gasteiger partial charge in [-0.25, -0.2) is 9.59 Å². The van der Waals surface area contributed by atoms with Crippen LogP contribution in [0.15, 0.2) is 54.7 Å². The Kier molecular flexibility index (Phi) is 22.2. The zero-order chi connectivity index (χ0) is 26.2. The number of nitrogens with zero attached hydrogens (tertiary/aromatic N) is 1. The number of hydrogen-bond acceptors (Lipinski definition) is 3. The van der Waals surface area contributed by atoms with Crippen molar-refractivity contribution >= 4 is 43.3 Å². The number of halogens is 1. The molecule has 2 aliphatic rings. The van der Waals surface area contributed by atoms with Crippen LogP contribution >= 0.6 is 9.42 Å². The van der Waals surface area contributed by atoms with Crippen LogP contribution in [0.2, 0.25) is 0 Å². The third-order valence-corrected chi connectivity index (χ3v) is 6.36. The molecule has 39 heavy (non-hydrogen) atoms. The van der Waals surface area contributed by atoms with Gasteiger partial charge in [-0.15, -0.1) is 0 Å². The first kappa shape index (κ1) is 38.7. The molecule has 0 unspecified atom stereocenters. The average molecular weight is 744 g/mol. The Balaban J connectivity index is 0. The number of carboxylic acid groups (broad SMARTS) is 2. The summed E-state index contributed by atoms with van der Waals surface area (Å²) in [5.41, 5.74) is 1.06. The number of nitrogens with two attached hydrogens (primary N) is 2. The molecule has 0 aliphatic heterocycles. The third kappa shape index (κ3) is 14.5. The van der Waals surface area contributed by atoms with E-state index in [2.05, 4.69) is 55.4 Å². The molecule has 2 fully saturated rings. The third-order valence-electron chi connectivity index (χ3n) is 6.36. The van der Waals surface area contributed by atoms with E-state index < -0.39 is 12.2 Å². The van der Waals surface area contributed by atoms with Gasteiger partial charge >= 0.3 is 40.4 Å². The number of pyridine rings is 1. The first-order chi connectivity index (χ1) is 17.5. The second-order valence-corrected chi connectivity index (χ2v) is 8.93. The standard InChI is InChI=1S/C13H9N.2C7H13NO2.CH4.ClH.2H2N.Pt/c1-2-6-11-10(5-1)9-14-13-8-4-3-7-12(11)13;2*9-7(10)8-6-4-2-1-3-5-6;;;;;/h1-9H;2*6,8H,1-5H2,(H,9,10);1H4;1H;2*1H2;/q;;;;;2*-1;+1/p-1. The van der Waals surface area contributed by atoms with E-state index in [4.69, 9.17) is 10.2 Å². The molecule has 1 aromatic heterocycles. The van der Waals surface area contributed by atoms with Crippen LogP contribution in [0, 0.1) is 0 Å². The normalized spacial score (nSPS) is 14.5. The fourth-order valence-electron chi connectivity index (χ4n) is 4.65. The van der Waals surface area contributed by atoms with Crippen molar-refractivity contribution in [2.45, 2.75) is 83.7 Å². The van der Waals surface area contributed by atoms with Crippen LogP contribution in [0.1, 0.15) is 71.6 Å². The van der Waals surface area contributed by atoms with Gasteiger partial charge in [0.25, 0.3) is 0 Å². The van der Waals surface area contributed by atoms with E-state index in [1.807, 2.05) is 24.4 Å². The molecule has 2 amide bonds. The minimum atomic E-state index is -0.882. The monoisotopic (exact) mass is 743 g/mol. The van der Waals surface area contributed by atoms with Gasteiger partial charge in [0.05, 0.1) is 5.52 Å². The Morgan fingerprint density at radius 3 is 1.59 bits per heavy atom. The van der Waals surface area contributed by atoms with Crippen LogP contribution in [-0.2, 0) is 18.8 Å². The number of rotatable bonds is 2. The molecule has 2 aliphatic carbocycles. The van der Waals surface area contributed by atoms with Gasteiger partial charge in [0.15, 0.2) is 0 Å². The molecule has 8 N–H and O–H groups in total. The van der Waals surface area contributed by atoms with Gasteiger partial charge in [0.2, 0.25) is 0 Å². The van der Waals surface area contributed by atoms with Gasteiger partial charge < -0.3 is 33.1 Å². The first-order valence-corrected chi connectivity index (χ1v) is 15.2. The maximum Gasteiger partial charge on any atom is 0.0708 e. The van der Waals surface area contributed by atoms with Crippen LogP contribution in [0.3, 0.4) is 0 Å². The summed E-state index contributed by atoms with van der Waals surface area (Å²) >= 11 is 1.61. The summed E-state index contributed by atoms with van der Waals surface area (Å²) in [4.78, 5) is 24.7. The first-order valence-electron chi connectivity index (χ1n) is 12.4. The van der Waals surface area contributed by atoms with E-state index in [1.54, 1.807) is 18.8 Å². The second kappa shape index (κ2) is 22.4. The van der Waals surface area contributed by atoms with Crippen LogP contribution in [0.4, 0.5) is 9.59 Å². The smallest absolute Gasteiger partial charge is 0.0708 e. The largest absolute Gasteiger partial charge is 0.693 e. The maximum atomic E-state index is 10.2. The second-order valence-electron chi connectivity index (χ2n) is 8.93. The molecule has 2 aromatic carbocycles. The van der Waals surface area contributed by atoms with E-state index in [0.29, 0.717) is 0 Å². The molecular weight excluding hydrogens is 701 g/mol. The summed E-state index contributed by atoms with van der Waals surface area (Å²) in [6.07, 6.45) is 11.5. The van der Waals surface area contributed by atoms with Gasteiger partial charge in [-0.05, 0) is 37.1 Å². The average Bonchev–Trinajstić information content (AvgIpc) is 2.91. The summed E-state index contributed by atoms with van der Waals surface area (Å²) in [7, 11) is 4.61. The van der Waals surface area contributed by atoms with E-state index in [0.717, 1.165) is 31.2 Å². The van der Waals surface area contributed by atoms with Crippen LogP contribution in [-0.4, -0.2) is 39.5 Å². The van der Waals surface area contributed by atoms with E-state index in [-0.39, 0.29) is 31.8 Å². The van der Waals surface area contributed by atoms with Crippen LogP contribution in [0.5, 0.6) is 0 Å².